The SMILES string of the molecule is CN1CCN(CC(NC(=O)CCCc2nc(-c3ccc(F)cc3)no2)c2ccccc2)CC1. The molecule has 0 radical (unpaired) electrons. The van der Waals surface area contributed by atoms with Crippen molar-refractivity contribution in [1.29, 1.82) is 0 Å². The van der Waals surface area contributed by atoms with Gasteiger partial charge in [-0.3, -0.25) is 9.69 Å². The predicted octanol–water partition coefficient (Wildman–Crippen LogP) is 3.30. The van der Waals surface area contributed by atoms with Crippen LogP contribution in [0, 0.1) is 5.82 Å². The lowest BCUT2D eigenvalue weighted by Crippen LogP contribution is -2.47. The molecule has 1 N–H and O–H groups in total. The molecule has 1 saturated heterocycles. The van der Waals surface area contributed by atoms with Crippen LogP contribution in [0.15, 0.2) is 59.1 Å². The molecule has 4 rings (SSSR count). The highest BCUT2D eigenvalue weighted by Gasteiger charge is 2.21. The number of carbonyl (C=O) groups is 1. The fourth-order valence-electron chi connectivity index (χ4n) is 3.95. The van der Waals surface area contributed by atoms with E-state index in [1.54, 1.807) is 12.1 Å². The summed E-state index contributed by atoms with van der Waals surface area (Å²) in [4.78, 5) is 21.8. The van der Waals surface area contributed by atoms with Crippen LogP contribution in [0.5, 0.6) is 0 Å². The Balaban J connectivity index is 1.29. The summed E-state index contributed by atoms with van der Waals surface area (Å²) < 4.78 is 18.4. The highest BCUT2D eigenvalue weighted by atomic mass is 19.1. The molecule has 8 heteroatoms. The Morgan fingerprint density at radius 2 is 1.82 bits per heavy atom. The minimum absolute atomic E-state index is 0.0104. The highest BCUT2D eigenvalue weighted by Crippen LogP contribution is 2.18. The molecular formula is C25H30FN5O2. The number of nitrogens with one attached hydrogen (secondary N) is 1. The fraction of sp³-hybridized carbons (Fsp3) is 0.400. The topological polar surface area (TPSA) is 74.5 Å². The van der Waals surface area contributed by atoms with E-state index in [1.165, 1.54) is 12.1 Å². The predicted molar refractivity (Wildman–Crippen MR) is 124 cm³/mol. The standard InChI is InChI=1S/C25H30FN5O2/c1-30-14-16-31(17-15-30)18-22(19-6-3-2-4-7-19)27-23(32)8-5-9-24-28-25(29-33-24)20-10-12-21(26)13-11-20/h2-4,6-7,10-13,22H,5,8-9,14-18H2,1H3,(H,27,32). The Labute approximate surface area is 193 Å². The molecule has 7 nitrogen and oxygen atoms in total. The number of benzene rings is 2. The van der Waals surface area contributed by atoms with Gasteiger partial charge in [0.15, 0.2) is 0 Å². The van der Waals surface area contributed by atoms with Gasteiger partial charge in [0.1, 0.15) is 5.82 Å². The largest absolute Gasteiger partial charge is 0.348 e. The number of halogens is 1. The first-order chi connectivity index (χ1) is 16.1. The molecule has 0 saturated carbocycles. The van der Waals surface area contributed by atoms with E-state index < -0.39 is 0 Å². The lowest BCUT2D eigenvalue weighted by molar-refractivity contribution is -0.122. The summed E-state index contributed by atoms with van der Waals surface area (Å²) >= 11 is 0. The molecule has 1 amide bonds. The molecule has 1 unspecified atom stereocenters. The zero-order chi connectivity index (χ0) is 23.0. The number of amides is 1. The Morgan fingerprint density at radius 1 is 1.09 bits per heavy atom. The smallest absolute Gasteiger partial charge is 0.226 e. The van der Waals surface area contributed by atoms with Gasteiger partial charge in [0.25, 0.3) is 0 Å². The second kappa shape index (κ2) is 11.2. The lowest BCUT2D eigenvalue weighted by Gasteiger charge is -2.35. The van der Waals surface area contributed by atoms with Crippen LogP contribution in [0.2, 0.25) is 0 Å². The molecule has 1 fully saturated rings. The molecule has 0 aliphatic carbocycles. The van der Waals surface area contributed by atoms with Gasteiger partial charge in [-0.25, -0.2) is 4.39 Å². The van der Waals surface area contributed by atoms with E-state index in [2.05, 4.69) is 44.4 Å². The quantitative estimate of drug-likeness (QED) is 0.538. The molecule has 1 atom stereocenters. The number of aromatic nitrogens is 2. The zero-order valence-corrected chi connectivity index (χ0v) is 18.9. The molecule has 1 aromatic heterocycles. The van der Waals surface area contributed by atoms with E-state index in [0.29, 0.717) is 36.5 Å². The average Bonchev–Trinajstić information content (AvgIpc) is 3.30. The van der Waals surface area contributed by atoms with Crippen LogP contribution < -0.4 is 5.32 Å². The average molecular weight is 452 g/mol. The number of hydrogen-bond donors (Lipinski definition) is 1. The van der Waals surface area contributed by atoms with E-state index in [4.69, 9.17) is 4.52 Å². The Kier molecular flexibility index (Phi) is 7.80. The molecule has 1 aliphatic heterocycles. The first kappa shape index (κ1) is 23.1. The van der Waals surface area contributed by atoms with E-state index in [1.807, 2.05) is 18.2 Å². The van der Waals surface area contributed by atoms with Crippen molar-refractivity contribution in [3.63, 3.8) is 0 Å². The van der Waals surface area contributed by atoms with Gasteiger partial charge in [0.05, 0.1) is 6.04 Å². The molecule has 3 aromatic rings. The van der Waals surface area contributed by atoms with Gasteiger partial charge in [-0.15, -0.1) is 0 Å². The van der Waals surface area contributed by atoms with Crippen LogP contribution in [0.25, 0.3) is 11.4 Å². The van der Waals surface area contributed by atoms with Crippen LogP contribution in [-0.4, -0.2) is 65.6 Å². The zero-order valence-electron chi connectivity index (χ0n) is 18.9. The third-order valence-corrected chi connectivity index (χ3v) is 5.94. The Bertz CT molecular complexity index is 1020. The second-order valence-electron chi connectivity index (χ2n) is 8.51. The third kappa shape index (κ3) is 6.69. The lowest BCUT2D eigenvalue weighted by atomic mass is 10.1. The number of nitrogens with zero attached hydrogens (tertiary/aromatic N) is 4. The normalized spacial score (nSPS) is 15.9. The van der Waals surface area contributed by atoms with E-state index in [-0.39, 0.29) is 17.8 Å². The monoisotopic (exact) mass is 451 g/mol. The number of likely N-dealkylation sites (N-methyl/N-ethyl adjacent to an activating group) is 1. The number of piperazine rings is 1. The summed E-state index contributed by atoms with van der Waals surface area (Å²) in [6.07, 6.45) is 1.49. The number of aryl methyl sites for hydroxylation is 1. The van der Waals surface area contributed by atoms with Crippen molar-refractivity contribution in [3.8, 4) is 11.4 Å². The van der Waals surface area contributed by atoms with Crippen LogP contribution in [0.1, 0.15) is 30.3 Å². The molecule has 0 bridgehead atoms. The molecule has 0 spiro atoms. The van der Waals surface area contributed by atoms with Crippen LogP contribution in [0.3, 0.4) is 0 Å². The van der Waals surface area contributed by atoms with Crippen molar-refractivity contribution in [2.24, 2.45) is 0 Å². The summed E-state index contributed by atoms with van der Waals surface area (Å²) in [5.41, 5.74) is 1.81. The third-order valence-electron chi connectivity index (χ3n) is 5.94. The number of hydrogen-bond acceptors (Lipinski definition) is 6. The van der Waals surface area contributed by atoms with Gasteiger partial charge in [-0.05, 0) is 43.3 Å². The van der Waals surface area contributed by atoms with Crippen LogP contribution in [0.4, 0.5) is 4.39 Å². The van der Waals surface area contributed by atoms with Crippen molar-refractivity contribution in [3.05, 3.63) is 71.9 Å². The maximum Gasteiger partial charge on any atom is 0.226 e. The van der Waals surface area contributed by atoms with Crippen LogP contribution in [-0.2, 0) is 11.2 Å². The Morgan fingerprint density at radius 3 is 2.55 bits per heavy atom. The van der Waals surface area contributed by atoms with Crippen molar-refractivity contribution >= 4 is 5.91 Å². The maximum absolute atomic E-state index is 13.1. The van der Waals surface area contributed by atoms with Gasteiger partial charge in [-0.1, -0.05) is 35.5 Å². The first-order valence-corrected chi connectivity index (χ1v) is 11.4. The molecule has 2 heterocycles. The Hall–Kier alpha value is -3.10. The first-order valence-electron chi connectivity index (χ1n) is 11.4. The summed E-state index contributed by atoms with van der Waals surface area (Å²) in [6.45, 7) is 4.89. The van der Waals surface area contributed by atoms with E-state index in [9.17, 15) is 9.18 Å². The summed E-state index contributed by atoms with van der Waals surface area (Å²) in [7, 11) is 2.14. The van der Waals surface area contributed by atoms with E-state index >= 15 is 0 Å². The van der Waals surface area contributed by atoms with Gasteiger partial charge < -0.3 is 14.7 Å². The second-order valence-corrected chi connectivity index (χ2v) is 8.51. The molecule has 1 aliphatic rings. The van der Waals surface area contributed by atoms with Gasteiger partial charge in [-0.2, -0.15) is 4.98 Å². The van der Waals surface area contributed by atoms with Crippen molar-refractivity contribution in [2.45, 2.75) is 25.3 Å². The highest BCUT2D eigenvalue weighted by molar-refractivity contribution is 5.76. The summed E-state index contributed by atoms with van der Waals surface area (Å²) in [6, 6.07) is 16.0. The van der Waals surface area contributed by atoms with Gasteiger partial charge in [0.2, 0.25) is 17.6 Å². The number of carbonyl (C=O) groups excluding carboxylic acids is 1. The summed E-state index contributed by atoms with van der Waals surface area (Å²) in [5.74, 6) is 0.594. The fourth-order valence-corrected chi connectivity index (χ4v) is 3.95. The minimum Gasteiger partial charge on any atom is -0.348 e. The maximum atomic E-state index is 13.1. The summed E-state index contributed by atoms with van der Waals surface area (Å²) in [5, 5.41) is 7.17. The number of rotatable bonds is 9. The van der Waals surface area contributed by atoms with E-state index in [0.717, 1.165) is 38.3 Å². The molecular weight excluding hydrogens is 421 g/mol. The van der Waals surface area contributed by atoms with Crippen molar-refractivity contribution in [2.75, 3.05) is 39.8 Å². The van der Waals surface area contributed by atoms with Crippen molar-refractivity contribution < 1.29 is 13.7 Å². The molecule has 33 heavy (non-hydrogen) atoms. The van der Waals surface area contributed by atoms with Gasteiger partial charge in [0, 0.05) is 51.1 Å². The van der Waals surface area contributed by atoms with Gasteiger partial charge >= 0.3 is 0 Å². The van der Waals surface area contributed by atoms with Crippen LogP contribution >= 0.6 is 0 Å². The minimum atomic E-state index is -0.310. The molecule has 2 aromatic carbocycles. The molecule has 174 valence electrons. The van der Waals surface area contributed by atoms with Crippen molar-refractivity contribution in [1.82, 2.24) is 25.3 Å².